The van der Waals surface area contributed by atoms with Crippen molar-refractivity contribution in [1.29, 1.82) is 0 Å². The summed E-state index contributed by atoms with van der Waals surface area (Å²) in [6.07, 6.45) is 7.50. The van der Waals surface area contributed by atoms with Gasteiger partial charge in [-0.05, 0) is 31.4 Å². The van der Waals surface area contributed by atoms with E-state index >= 15 is 0 Å². The van der Waals surface area contributed by atoms with Gasteiger partial charge in [-0.3, -0.25) is 0 Å². The molecular weight excluding hydrogens is 174 g/mol. The minimum Gasteiger partial charge on any atom is -0.309 e. The lowest BCUT2D eigenvalue weighted by Gasteiger charge is -2.33. The van der Waals surface area contributed by atoms with Crippen molar-refractivity contribution < 1.29 is 0 Å². The summed E-state index contributed by atoms with van der Waals surface area (Å²) in [6, 6.07) is 2.46. The Morgan fingerprint density at radius 1 is 1.57 bits per heavy atom. The molecule has 1 unspecified atom stereocenters. The maximum absolute atomic E-state index is 4.33. The molecule has 1 heterocycles. The fourth-order valence-electron chi connectivity index (χ4n) is 1.99. The Balaban J connectivity index is 2.09. The largest absolute Gasteiger partial charge is 0.309 e. The van der Waals surface area contributed by atoms with Gasteiger partial charge in [0.15, 0.2) is 0 Å². The number of nitrogens with zero attached hydrogens (tertiary/aromatic N) is 2. The molecule has 3 nitrogen and oxygen atoms in total. The molecule has 1 saturated carbocycles. The van der Waals surface area contributed by atoms with Crippen LogP contribution in [0.2, 0.25) is 0 Å². The van der Waals surface area contributed by atoms with Gasteiger partial charge in [0.25, 0.3) is 0 Å². The minimum atomic E-state index is 0.441. The molecule has 1 aliphatic rings. The normalized spacial score (nSPS) is 18.9. The summed E-state index contributed by atoms with van der Waals surface area (Å²) in [5, 5.41) is 3.51. The van der Waals surface area contributed by atoms with Gasteiger partial charge in [-0.15, -0.1) is 0 Å². The van der Waals surface area contributed by atoms with Crippen LogP contribution in [0.5, 0.6) is 0 Å². The summed E-state index contributed by atoms with van der Waals surface area (Å²) in [5.41, 5.74) is 1.14. The van der Waals surface area contributed by atoms with E-state index in [1.54, 1.807) is 6.33 Å². The van der Waals surface area contributed by atoms with Crippen LogP contribution in [0.25, 0.3) is 0 Å². The molecule has 0 spiro atoms. The Hall–Kier alpha value is -0.960. The topological polar surface area (TPSA) is 37.8 Å². The van der Waals surface area contributed by atoms with Crippen LogP contribution in [-0.2, 0) is 0 Å². The van der Waals surface area contributed by atoms with E-state index < -0.39 is 0 Å². The summed E-state index contributed by atoms with van der Waals surface area (Å²) in [5.74, 6) is 0.782. The molecule has 76 valence electrons. The van der Waals surface area contributed by atoms with Crippen LogP contribution in [0.4, 0.5) is 0 Å². The molecule has 0 saturated heterocycles. The van der Waals surface area contributed by atoms with Gasteiger partial charge in [-0.1, -0.05) is 13.3 Å². The molecule has 1 aromatic rings. The van der Waals surface area contributed by atoms with Gasteiger partial charge in [0, 0.05) is 6.20 Å². The molecule has 1 fully saturated rings. The molecule has 3 heteroatoms. The molecule has 0 aromatic carbocycles. The van der Waals surface area contributed by atoms with Gasteiger partial charge in [0.2, 0.25) is 0 Å². The van der Waals surface area contributed by atoms with Gasteiger partial charge < -0.3 is 5.32 Å². The van der Waals surface area contributed by atoms with E-state index in [4.69, 9.17) is 0 Å². The number of aromatic nitrogens is 2. The highest BCUT2D eigenvalue weighted by atomic mass is 15.0. The quantitative estimate of drug-likeness (QED) is 0.790. The van der Waals surface area contributed by atoms with Crippen molar-refractivity contribution in [2.45, 2.75) is 32.2 Å². The summed E-state index contributed by atoms with van der Waals surface area (Å²) in [6.45, 7) is 3.15. The second-order valence-corrected chi connectivity index (χ2v) is 3.86. The van der Waals surface area contributed by atoms with E-state index in [-0.39, 0.29) is 0 Å². The summed E-state index contributed by atoms with van der Waals surface area (Å²) < 4.78 is 0. The third-order valence-electron chi connectivity index (χ3n) is 2.97. The zero-order valence-electron chi connectivity index (χ0n) is 8.61. The second kappa shape index (κ2) is 4.51. The van der Waals surface area contributed by atoms with Gasteiger partial charge >= 0.3 is 0 Å². The monoisotopic (exact) mass is 191 g/mol. The average Bonchev–Trinajstić information content (AvgIpc) is 2.16. The van der Waals surface area contributed by atoms with Gasteiger partial charge in [0.05, 0.1) is 11.7 Å². The lowest BCUT2D eigenvalue weighted by atomic mass is 9.78. The van der Waals surface area contributed by atoms with Crippen LogP contribution < -0.4 is 5.32 Å². The molecule has 1 N–H and O–H groups in total. The van der Waals surface area contributed by atoms with Crippen LogP contribution in [0.3, 0.4) is 0 Å². The maximum atomic E-state index is 4.33. The Bertz CT molecular complexity index is 269. The van der Waals surface area contributed by atoms with Crippen molar-refractivity contribution in [3.63, 3.8) is 0 Å². The van der Waals surface area contributed by atoms with E-state index in [2.05, 4.69) is 22.2 Å². The summed E-state index contributed by atoms with van der Waals surface area (Å²) >= 11 is 0. The van der Waals surface area contributed by atoms with Crippen LogP contribution in [0, 0.1) is 5.92 Å². The predicted molar refractivity (Wildman–Crippen MR) is 55.8 cm³/mol. The highest BCUT2D eigenvalue weighted by molar-refractivity contribution is 5.07. The molecule has 0 bridgehead atoms. The smallest absolute Gasteiger partial charge is 0.115 e. The Morgan fingerprint density at radius 3 is 2.93 bits per heavy atom. The van der Waals surface area contributed by atoms with Crippen LogP contribution in [0.15, 0.2) is 18.6 Å². The number of hydrogen-bond acceptors (Lipinski definition) is 3. The molecule has 2 rings (SSSR count). The third-order valence-corrected chi connectivity index (χ3v) is 2.97. The van der Waals surface area contributed by atoms with Crippen LogP contribution >= 0.6 is 0 Å². The van der Waals surface area contributed by atoms with Crippen molar-refractivity contribution in [1.82, 2.24) is 15.3 Å². The third kappa shape index (κ3) is 1.93. The fraction of sp³-hybridized carbons (Fsp3) is 0.636. The van der Waals surface area contributed by atoms with Gasteiger partial charge in [-0.2, -0.15) is 0 Å². The molecular formula is C11H17N3. The highest BCUT2D eigenvalue weighted by Gasteiger charge is 2.28. The molecule has 1 aromatic heterocycles. The lowest BCUT2D eigenvalue weighted by molar-refractivity contribution is 0.229. The Kier molecular flexibility index (Phi) is 3.09. The number of rotatable bonds is 4. The van der Waals surface area contributed by atoms with E-state index in [0.29, 0.717) is 6.04 Å². The Morgan fingerprint density at radius 2 is 2.43 bits per heavy atom. The molecule has 1 aliphatic carbocycles. The van der Waals surface area contributed by atoms with E-state index in [1.807, 2.05) is 12.3 Å². The maximum Gasteiger partial charge on any atom is 0.115 e. The standard InChI is InChI=1S/C11H17N3/c1-2-13-11(9-4-3-5-9)10-6-7-12-8-14-10/h6-9,11,13H,2-5H2,1H3. The number of nitrogens with one attached hydrogen (secondary N) is 1. The molecule has 0 radical (unpaired) electrons. The fourth-order valence-corrected chi connectivity index (χ4v) is 1.99. The molecule has 1 atom stereocenters. The van der Waals surface area contributed by atoms with Crippen LogP contribution in [-0.4, -0.2) is 16.5 Å². The number of hydrogen-bond donors (Lipinski definition) is 1. The van der Waals surface area contributed by atoms with Gasteiger partial charge in [-0.25, -0.2) is 9.97 Å². The van der Waals surface area contributed by atoms with E-state index in [1.165, 1.54) is 19.3 Å². The predicted octanol–water partition coefficient (Wildman–Crippen LogP) is 1.93. The van der Waals surface area contributed by atoms with Gasteiger partial charge in [0.1, 0.15) is 6.33 Å². The molecule has 0 amide bonds. The first-order chi connectivity index (χ1) is 6.92. The zero-order chi connectivity index (χ0) is 9.80. The van der Waals surface area contributed by atoms with Crippen molar-refractivity contribution in [3.8, 4) is 0 Å². The van der Waals surface area contributed by atoms with E-state index in [9.17, 15) is 0 Å². The first kappa shape index (κ1) is 9.59. The highest BCUT2D eigenvalue weighted by Crippen LogP contribution is 2.36. The second-order valence-electron chi connectivity index (χ2n) is 3.86. The average molecular weight is 191 g/mol. The first-order valence-electron chi connectivity index (χ1n) is 5.41. The first-order valence-corrected chi connectivity index (χ1v) is 5.41. The van der Waals surface area contributed by atoms with Crippen molar-refractivity contribution in [2.75, 3.05) is 6.54 Å². The summed E-state index contributed by atoms with van der Waals surface area (Å²) in [7, 11) is 0. The van der Waals surface area contributed by atoms with Crippen molar-refractivity contribution in [2.24, 2.45) is 5.92 Å². The van der Waals surface area contributed by atoms with Crippen molar-refractivity contribution >= 4 is 0 Å². The molecule has 14 heavy (non-hydrogen) atoms. The summed E-state index contributed by atoms with van der Waals surface area (Å²) in [4.78, 5) is 8.28. The Labute approximate surface area is 85.0 Å². The van der Waals surface area contributed by atoms with E-state index in [0.717, 1.165) is 18.2 Å². The molecule has 0 aliphatic heterocycles. The van der Waals surface area contributed by atoms with Crippen molar-refractivity contribution in [3.05, 3.63) is 24.3 Å². The lowest BCUT2D eigenvalue weighted by Crippen LogP contribution is -2.32. The SMILES string of the molecule is CCNC(c1ccncn1)C1CCC1. The van der Waals surface area contributed by atoms with Crippen LogP contribution in [0.1, 0.15) is 37.9 Å². The minimum absolute atomic E-state index is 0.441. The zero-order valence-corrected chi connectivity index (χ0v) is 8.61.